The van der Waals surface area contributed by atoms with Crippen LogP contribution < -0.4 is 10.1 Å². The Morgan fingerprint density at radius 2 is 2.43 bits per heavy atom. The van der Waals surface area contributed by atoms with Crippen LogP contribution in [0.2, 0.25) is 5.28 Å². The number of nitrogens with zero attached hydrogens (tertiary/aromatic N) is 4. The summed E-state index contributed by atoms with van der Waals surface area (Å²) < 4.78 is 12.7. The predicted molar refractivity (Wildman–Crippen MR) is 78.7 cm³/mol. The van der Waals surface area contributed by atoms with Gasteiger partial charge in [0.15, 0.2) is 11.2 Å². The number of aromatic nitrogens is 4. The number of aryl methyl sites for hydroxylation is 1. The Bertz CT molecular complexity index is 612. The van der Waals surface area contributed by atoms with Gasteiger partial charge >= 0.3 is 0 Å². The summed E-state index contributed by atoms with van der Waals surface area (Å²) in [5, 5.41) is 3.60. The molecule has 1 N–H and O–H groups in total. The molecule has 0 spiro atoms. The summed E-state index contributed by atoms with van der Waals surface area (Å²) in [5.74, 6) is 0.460. The van der Waals surface area contributed by atoms with Crippen molar-refractivity contribution >= 4 is 22.8 Å². The van der Waals surface area contributed by atoms with E-state index in [4.69, 9.17) is 21.1 Å². The Hall–Kier alpha value is -1.44. The lowest BCUT2D eigenvalue weighted by Gasteiger charge is -2.23. The van der Waals surface area contributed by atoms with Gasteiger partial charge in [0.05, 0.1) is 26.7 Å². The van der Waals surface area contributed by atoms with Gasteiger partial charge in [-0.3, -0.25) is 0 Å². The Kier molecular flexibility index (Phi) is 4.52. The van der Waals surface area contributed by atoms with Gasteiger partial charge < -0.3 is 19.4 Å². The molecule has 0 amide bonds. The zero-order valence-electron chi connectivity index (χ0n) is 11.9. The van der Waals surface area contributed by atoms with Crippen LogP contribution in [0.25, 0.3) is 11.2 Å². The molecule has 1 aliphatic rings. The molecule has 3 rings (SSSR count). The summed E-state index contributed by atoms with van der Waals surface area (Å²) in [5.41, 5.74) is 1.35. The third-order valence-corrected chi connectivity index (χ3v) is 3.73. The van der Waals surface area contributed by atoms with Gasteiger partial charge in [-0.1, -0.05) is 0 Å². The van der Waals surface area contributed by atoms with Crippen molar-refractivity contribution in [1.29, 1.82) is 0 Å². The van der Waals surface area contributed by atoms with Crippen LogP contribution in [0.15, 0.2) is 6.33 Å². The molecule has 7 nitrogen and oxygen atoms in total. The van der Waals surface area contributed by atoms with Crippen molar-refractivity contribution < 1.29 is 9.47 Å². The highest BCUT2D eigenvalue weighted by Crippen LogP contribution is 2.23. The van der Waals surface area contributed by atoms with Crippen molar-refractivity contribution in [1.82, 2.24) is 24.8 Å². The van der Waals surface area contributed by atoms with Crippen LogP contribution in [0, 0.1) is 0 Å². The van der Waals surface area contributed by atoms with E-state index in [-0.39, 0.29) is 5.28 Å². The number of rotatable bonds is 5. The molecule has 1 saturated heterocycles. The maximum atomic E-state index is 5.84. The van der Waals surface area contributed by atoms with Gasteiger partial charge in [0.25, 0.3) is 0 Å². The first kappa shape index (κ1) is 14.5. The fourth-order valence-corrected chi connectivity index (χ4v) is 2.70. The van der Waals surface area contributed by atoms with Crippen molar-refractivity contribution in [2.75, 3.05) is 26.9 Å². The van der Waals surface area contributed by atoms with E-state index in [1.54, 1.807) is 13.4 Å². The second-order valence-electron chi connectivity index (χ2n) is 4.98. The number of fused-ring (bicyclic) bond motifs is 1. The smallest absolute Gasteiger partial charge is 0.244 e. The van der Waals surface area contributed by atoms with E-state index in [9.17, 15) is 0 Å². The molecule has 3 heterocycles. The average molecular weight is 312 g/mol. The summed E-state index contributed by atoms with van der Waals surface area (Å²) in [6.45, 7) is 3.35. The van der Waals surface area contributed by atoms with E-state index in [0.29, 0.717) is 17.6 Å². The van der Waals surface area contributed by atoms with Crippen molar-refractivity contribution in [3.63, 3.8) is 0 Å². The van der Waals surface area contributed by atoms with E-state index in [1.165, 1.54) is 0 Å². The molecule has 21 heavy (non-hydrogen) atoms. The monoisotopic (exact) mass is 311 g/mol. The third-order valence-electron chi connectivity index (χ3n) is 3.56. The fourth-order valence-electron chi connectivity index (χ4n) is 2.55. The summed E-state index contributed by atoms with van der Waals surface area (Å²) in [7, 11) is 1.57. The molecule has 0 saturated carbocycles. The average Bonchev–Trinajstić information content (AvgIpc) is 2.90. The minimum absolute atomic E-state index is 0.146. The number of morpholine rings is 1. The number of halogens is 1. The van der Waals surface area contributed by atoms with Crippen molar-refractivity contribution in [2.24, 2.45) is 0 Å². The number of imidazole rings is 1. The van der Waals surface area contributed by atoms with E-state index < -0.39 is 0 Å². The Balaban J connectivity index is 1.69. The summed E-state index contributed by atoms with van der Waals surface area (Å²) in [4.78, 5) is 12.5. The molecule has 2 aromatic rings. The van der Waals surface area contributed by atoms with Gasteiger partial charge in [0.1, 0.15) is 0 Å². The normalized spacial score (nSPS) is 19.0. The van der Waals surface area contributed by atoms with Gasteiger partial charge in [-0.05, 0) is 24.4 Å². The van der Waals surface area contributed by atoms with Crippen LogP contribution in [-0.2, 0) is 11.3 Å². The van der Waals surface area contributed by atoms with Crippen LogP contribution >= 0.6 is 11.6 Å². The van der Waals surface area contributed by atoms with E-state index in [1.807, 2.05) is 4.57 Å². The molecule has 114 valence electrons. The molecule has 0 bridgehead atoms. The number of ether oxygens (including phenoxy) is 2. The molecular weight excluding hydrogens is 294 g/mol. The number of nitrogens with one attached hydrogen (secondary N) is 1. The molecule has 8 heteroatoms. The van der Waals surface area contributed by atoms with Crippen molar-refractivity contribution in [2.45, 2.75) is 25.4 Å². The van der Waals surface area contributed by atoms with Crippen LogP contribution in [0.4, 0.5) is 0 Å². The highest BCUT2D eigenvalue weighted by Gasteiger charge is 2.15. The standard InChI is InChI=1S/C13H18ClN5O2/c1-20-12-10-11(17-13(14)18-12)16-8-19(10)5-2-3-9-7-21-6-4-15-9/h8-9,15H,2-7H2,1H3. The molecule has 1 fully saturated rings. The van der Waals surface area contributed by atoms with Crippen LogP contribution in [0.3, 0.4) is 0 Å². The maximum absolute atomic E-state index is 5.84. The molecule has 1 aliphatic heterocycles. The molecule has 0 aromatic carbocycles. The first-order valence-electron chi connectivity index (χ1n) is 7.01. The molecule has 0 radical (unpaired) electrons. The Morgan fingerprint density at radius 1 is 1.52 bits per heavy atom. The summed E-state index contributed by atoms with van der Waals surface area (Å²) in [6.07, 6.45) is 3.82. The lowest BCUT2D eigenvalue weighted by Crippen LogP contribution is -2.41. The van der Waals surface area contributed by atoms with Crippen LogP contribution in [0.1, 0.15) is 12.8 Å². The second kappa shape index (κ2) is 6.55. The SMILES string of the molecule is COc1nc(Cl)nc2ncn(CCCC3COCCN3)c12. The van der Waals surface area contributed by atoms with Crippen molar-refractivity contribution in [3.8, 4) is 5.88 Å². The Morgan fingerprint density at radius 3 is 3.19 bits per heavy atom. The van der Waals surface area contributed by atoms with Gasteiger partial charge in [0.2, 0.25) is 11.2 Å². The predicted octanol–water partition coefficient (Wildman–Crippen LogP) is 1.26. The minimum atomic E-state index is 0.146. The first-order chi connectivity index (χ1) is 10.3. The minimum Gasteiger partial charge on any atom is -0.479 e. The lowest BCUT2D eigenvalue weighted by atomic mass is 10.1. The summed E-state index contributed by atoms with van der Waals surface area (Å²) >= 11 is 5.84. The lowest BCUT2D eigenvalue weighted by molar-refractivity contribution is 0.0732. The number of hydrogen-bond donors (Lipinski definition) is 1. The number of hydrogen-bond acceptors (Lipinski definition) is 6. The van der Waals surface area contributed by atoms with Gasteiger partial charge in [-0.25, -0.2) is 4.98 Å². The first-order valence-corrected chi connectivity index (χ1v) is 7.39. The highest BCUT2D eigenvalue weighted by atomic mass is 35.5. The van der Waals surface area contributed by atoms with E-state index >= 15 is 0 Å². The van der Waals surface area contributed by atoms with Gasteiger partial charge in [-0.15, -0.1) is 0 Å². The zero-order chi connectivity index (χ0) is 14.7. The third kappa shape index (κ3) is 3.25. The van der Waals surface area contributed by atoms with Crippen molar-refractivity contribution in [3.05, 3.63) is 11.6 Å². The topological polar surface area (TPSA) is 74.1 Å². The van der Waals surface area contributed by atoms with Crippen LogP contribution in [-0.4, -0.2) is 52.4 Å². The number of methoxy groups -OCH3 is 1. The second-order valence-corrected chi connectivity index (χ2v) is 5.32. The van der Waals surface area contributed by atoms with Crippen LogP contribution in [0.5, 0.6) is 5.88 Å². The fraction of sp³-hybridized carbons (Fsp3) is 0.615. The Labute approximate surface area is 127 Å². The van der Waals surface area contributed by atoms with Gasteiger partial charge in [0, 0.05) is 19.1 Å². The van der Waals surface area contributed by atoms with Gasteiger partial charge in [-0.2, -0.15) is 9.97 Å². The molecule has 2 aromatic heterocycles. The van der Waals surface area contributed by atoms with E-state index in [0.717, 1.165) is 44.7 Å². The maximum Gasteiger partial charge on any atom is 0.244 e. The molecular formula is C13H18ClN5O2. The molecule has 1 unspecified atom stereocenters. The highest BCUT2D eigenvalue weighted by molar-refractivity contribution is 6.28. The largest absolute Gasteiger partial charge is 0.479 e. The summed E-state index contributed by atoms with van der Waals surface area (Å²) in [6, 6.07) is 0.432. The quantitative estimate of drug-likeness (QED) is 0.838. The molecule has 0 aliphatic carbocycles. The zero-order valence-corrected chi connectivity index (χ0v) is 12.6. The van der Waals surface area contributed by atoms with E-state index in [2.05, 4.69) is 20.3 Å². The molecule has 1 atom stereocenters.